The summed E-state index contributed by atoms with van der Waals surface area (Å²) in [5.41, 5.74) is 4.40. The van der Waals surface area contributed by atoms with E-state index in [1.807, 2.05) is 36.4 Å². The van der Waals surface area contributed by atoms with Crippen LogP contribution >= 0.6 is 15.9 Å². The Hall–Kier alpha value is -1.45. The predicted octanol–water partition coefficient (Wildman–Crippen LogP) is 3.48. The second-order valence-corrected chi connectivity index (χ2v) is 5.73. The number of fused-ring (bicyclic) bond motifs is 1. The summed E-state index contributed by atoms with van der Waals surface area (Å²) in [6.45, 7) is 1.78. The summed E-state index contributed by atoms with van der Waals surface area (Å²) in [7, 11) is 0. The lowest BCUT2D eigenvalue weighted by atomic mass is 9.99. The highest BCUT2D eigenvalue weighted by Gasteiger charge is 2.13. The Labute approximate surface area is 121 Å². The third kappa shape index (κ3) is 2.77. The summed E-state index contributed by atoms with van der Waals surface area (Å²) in [6.07, 6.45) is 0.450. The van der Waals surface area contributed by atoms with Crippen LogP contribution in [0.25, 0.3) is 0 Å². The molecule has 1 aliphatic heterocycles. The molecule has 19 heavy (non-hydrogen) atoms. The van der Waals surface area contributed by atoms with Gasteiger partial charge in [-0.3, -0.25) is 4.79 Å². The summed E-state index contributed by atoms with van der Waals surface area (Å²) in [5, 5.41) is 3.29. The lowest BCUT2D eigenvalue weighted by Crippen LogP contribution is -2.04. The fourth-order valence-corrected chi connectivity index (χ4v) is 2.85. The van der Waals surface area contributed by atoms with E-state index in [0.29, 0.717) is 6.42 Å². The molecule has 2 aromatic rings. The Morgan fingerprint density at radius 1 is 1.11 bits per heavy atom. The van der Waals surface area contributed by atoms with E-state index < -0.39 is 0 Å². The molecular weight excluding hydrogens is 302 g/mol. The first-order chi connectivity index (χ1) is 9.22. The van der Waals surface area contributed by atoms with Gasteiger partial charge >= 0.3 is 0 Å². The van der Waals surface area contributed by atoms with Crippen LogP contribution in [0.1, 0.15) is 27.0 Å². The highest BCUT2D eigenvalue weighted by Crippen LogP contribution is 2.19. The molecule has 1 aliphatic rings. The molecule has 0 spiro atoms. The van der Waals surface area contributed by atoms with Crippen molar-refractivity contribution >= 4 is 21.7 Å². The van der Waals surface area contributed by atoms with Gasteiger partial charge in [0.2, 0.25) is 0 Å². The van der Waals surface area contributed by atoms with Crippen molar-refractivity contribution in [1.82, 2.24) is 5.32 Å². The second kappa shape index (κ2) is 5.27. The Morgan fingerprint density at radius 2 is 1.95 bits per heavy atom. The SMILES string of the molecule is O=C(Cc1cccc(Br)c1)c1ccc2c(c1)CNC2. The number of nitrogens with one attached hydrogen (secondary N) is 1. The van der Waals surface area contributed by atoms with Gasteiger partial charge < -0.3 is 5.32 Å². The first kappa shape index (κ1) is 12.6. The number of hydrogen-bond donors (Lipinski definition) is 1. The summed E-state index contributed by atoms with van der Waals surface area (Å²) >= 11 is 3.43. The molecule has 1 heterocycles. The number of rotatable bonds is 3. The topological polar surface area (TPSA) is 29.1 Å². The van der Waals surface area contributed by atoms with Crippen molar-refractivity contribution in [2.75, 3.05) is 0 Å². The summed E-state index contributed by atoms with van der Waals surface area (Å²) in [4.78, 5) is 12.3. The van der Waals surface area contributed by atoms with Crippen LogP contribution in [0.2, 0.25) is 0 Å². The van der Waals surface area contributed by atoms with Gasteiger partial charge in [0.1, 0.15) is 0 Å². The first-order valence-corrected chi connectivity index (χ1v) is 7.12. The van der Waals surface area contributed by atoms with Crippen molar-refractivity contribution in [2.45, 2.75) is 19.5 Å². The number of carbonyl (C=O) groups is 1. The summed E-state index contributed by atoms with van der Waals surface area (Å²) < 4.78 is 1.01. The zero-order chi connectivity index (χ0) is 13.2. The standard InChI is InChI=1S/C16H14BrNO/c17-15-3-1-2-11(6-15)7-16(19)12-4-5-13-9-18-10-14(13)8-12/h1-6,8,18H,7,9-10H2. The average Bonchev–Trinajstić information content (AvgIpc) is 2.85. The molecule has 0 aliphatic carbocycles. The molecule has 0 bridgehead atoms. The fraction of sp³-hybridized carbons (Fsp3) is 0.188. The van der Waals surface area contributed by atoms with Gasteiger partial charge in [0.15, 0.2) is 5.78 Å². The van der Waals surface area contributed by atoms with Gasteiger partial charge in [-0.15, -0.1) is 0 Å². The molecule has 0 saturated heterocycles. The number of ketones is 1. The Morgan fingerprint density at radius 3 is 2.79 bits per heavy atom. The van der Waals surface area contributed by atoms with E-state index in [9.17, 15) is 4.79 Å². The maximum Gasteiger partial charge on any atom is 0.167 e. The molecule has 0 radical (unpaired) electrons. The number of hydrogen-bond acceptors (Lipinski definition) is 2. The van der Waals surface area contributed by atoms with Gasteiger partial charge in [-0.2, -0.15) is 0 Å². The molecule has 3 heteroatoms. The highest BCUT2D eigenvalue weighted by atomic mass is 79.9. The van der Waals surface area contributed by atoms with Gasteiger partial charge in [0, 0.05) is 29.5 Å². The zero-order valence-corrected chi connectivity index (χ0v) is 12.0. The molecule has 0 amide bonds. The summed E-state index contributed by atoms with van der Waals surface area (Å²) in [6, 6.07) is 13.9. The van der Waals surface area contributed by atoms with Crippen LogP contribution in [0.15, 0.2) is 46.9 Å². The smallest absolute Gasteiger partial charge is 0.167 e. The van der Waals surface area contributed by atoms with E-state index >= 15 is 0 Å². The minimum Gasteiger partial charge on any atom is -0.309 e. The van der Waals surface area contributed by atoms with Gasteiger partial charge in [0.05, 0.1) is 0 Å². The van der Waals surface area contributed by atoms with Crippen LogP contribution < -0.4 is 5.32 Å². The summed E-state index contributed by atoms with van der Waals surface area (Å²) in [5.74, 6) is 0.174. The van der Waals surface area contributed by atoms with Crippen molar-refractivity contribution in [1.29, 1.82) is 0 Å². The van der Waals surface area contributed by atoms with Crippen LogP contribution in [0, 0.1) is 0 Å². The van der Waals surface area contributed by atoms with E-state index in [1.54, 1.807) is 0 Å². The van der Waals surface area contributed by atoms with Gasteiger partial charge in [0.25, 0.3) is 0 Å². The third-order valence-electron chi connectivity index (χ3n) is 3.41. The van der Waals surface area contributed by atoms with Crippen LogP contribution in [-0.4, -0.2) is 5.78 Å². The van der Waals surface area contributed by atoms with Crippen LogP contribution in [0.5, 0.6) is 0 Å². The average molecular weight is 316 g/mol. The van der Waals surface area contributed by atoms with E-state index in [-0.39, 0.29) is 5.78 Å². The molecular formula is C16H14BrNO. The Balaban J connectivity index is 1.81. The van der Waals surface area contributed by atoms with Crippen molar-refractivity contribution in [3.8, 4) is 0 Å². The first-order valence-electron chi connectivity index (χ1n) is 6.32. The highest BCUT2D eigenvalue weighted by molar-refractivity contribution is 9.10. The van der Waals surface area contributed by atoms with E-state index in [1.165, 1.54) is 11.1 Å². The number of carbonyl (C=O) groups excluding carboxylic acids is 1. The molecule has 0 aromatic heterocycles. The van der Waals surface area contributed by atoms with Crippen LogP contribution in [0.3, 0.4) is 0 Å². The minimum atomic E-state index is 0.174. The lowest BCUT2D eigenvalue weighted by Gasteiger charge is -2.04. The zero-order valence-electron chi connectivity index (χ0n) is 10.4. The number of Topliss-reactive ketones (excluding diaryl/α,β-unsaturated/α-hetero) is 1. The van der Waals surface area contributed by atoms with Crippen molar-refractivity contribution in [2.24, 2.45) is 0 Å². The van der Waals surface area contributed by atoms with Crippen molar-refractivity contribution in [3.63, 3.8) is 0 Å². The molecule has 0 unspecified atom stereocenters. The minimum absolute atomic E-state index is 0.174. The van der Waals surface area contributed by atoms with Gasteiger partial charge in [-0.05, 0) is 34.9 Å². The van der Waals surface area contributed by atoms with E-state index in [0.717, 1.165) is 28.7 Å². The van der Waals surface area contributed by atoms with Gasteiger partial charge in [-0.1, -0.05) is 40.2 Å². The second-order valence-electron chi connectivity index (χ2n) is 4.82. The third-order valence-corrected chi connectivity index (χ3v) is 3.91. The van der Waals surface area contributed by atoms with Crippen LogP contribution in [0.4, 0.5) is 0 Å². The molecule has 2 nitrogen and oxygen atoms in total. The molecule has 0 saturated carbocycles. The number of benzene rings is 2. The van der Waals surface area contributed by atoms with E-state index in [4.69, 9.17) is 0 Å². The van der Waals surface area contributed by atoms with Crippen molar-refractivity contribution in [3.05, 3.63) is 69.2 Å². The molecule has 2 aromatic carbocycles. The molecule has 0 atom stereocenters. The van der Waals surface area contributed by atoms with Crippen molar-refractivity contribution < 1.29 is 4.79 Å². The monoisotopic (exact) mass is 315 g/mol. The largest absolute Gasteiger partial charge is 0.309 e. The molecule has 3 rings (SSSR count). The van der Waals surface area contributed by atoms with E-state index in [2.05, 4.69) is 27.3 Å². The molecule has 96 valence electrons. The fourth-order valence-electron chi connectivity index (χ4n) is 2.40. The van der Waals surface area contributed by atoms with Gasteiger partial charge in [-0.25, -0.2) is 0 Å². The normalized spacial score (nSPS) is 13.3. The quantitative estimate of drug-likeness (QED) is 0.879. The Kier molecular flexibility index (Phi) is 3.49. The maximum absolute atomic E-state index is 12.3. The number of halogens is 1. The predicted molar refractivity (Wildman–Crippen MR) is 79.2 cm³/mol. The lowest BCUT2D eigenvalue weighted by molar-refractivity contribution is 0.0993. The molecule has 0 fully saturated rings. The Bertz CT molecular complexity index is 636. The molecule has 1 N–H and O–H groups in total. The maximum atomic E-state index is 12.3. The van der Waals surface area contributed by atoms with Crippen LogP contribution in [-0.2, 0) is 19.5 Å².